The molecule has 1 amide bonds. The van der Waals surface area contributed by atoms with E-state index in [1.807, 2.05) is 0 Å². The molecule has 82 valence electrons. The summed E-state index contributed by atoms with van der Waals surface area (Å²) in [5.74, 6) is 0.591. The molecule has 0 aromatic heterocycles. The van der Waals surface area contributed by atoms with Gasteiger partial charge in [-0.3, -0.25) is 4.79 Å². The molecule has 1 fully saturated rings. The first-order valence-electron chi connectivity index (χ1n) is 5.35. The Morgan fingerprint density at radius 2 is 2.00 bits per heavy atom. The molecular formula is C11H22N2O. The maximum Gasteiger partial charge on any atom is 0.239 e. The van der Waals surface area contributed by atoms with Crippen molar-refractivity contribution >= 4 is 5.91 Å². The third kappa shape index (κ3) is 2.47. The number of nitrogens with two attached hydrogens (primary N) is 1. The van der Waals surface area contributed by atoms with E-state index in [2.05, 4.69) is 19.2 Å². The topological polar surface area (TPSA) is 55.1 Å². The Labute approximate surface area is 86.4 Å². The zero-order chi connectivity index (χ0) is 11.0. The standard InChI is InChI=1S/C11H22N2O/c1-8(2)11(5-6-11)7-13-9(14)10(3,4)12/h8H,5-7,12H2,1-4H3,(H,13,14). The molecule has 0 spiro atoms. The van der Waals surface area contributed by atoms with E-state index in [-0.39, 0.29) is 5.91 Å². The molecule has 0 aliphatic heterocycles. The highest BCUT2D eigenvalue weighted by molar-refractivity contribution is 5.85. The Morgan fingerprint density at radius 1 is 1.50 bits per heavy atom. The Bertz CT molecular complexity index is 224. The molecular weight excluding hydrogens is 176 g/mol. The van der Waals surface area contributed by atoms with Crippen LogP contribution in [-0.4, -0.2) is 18.0 Å². The SMILES string of the molecule is CC(C)C1(CNC(=O)C(C)(C)N)CC1. The summed E-state index contributed by atoms with van der Waals surface area (Å²) in [5.41, 5.74) is 5.30. The largest absolute Gasteiger partial charge is 0.354 e. The minimum absolute atomic E-state index is 0.0515. The molecule has 0 aromatic carbocycles. The Balaban J connectivity index is 2.38. The summed E-state index contributed by atoms with van der Waals surface area (Å²) >= 11 is 0. The van der Waals surface area contributed by atoms with Crippen LogP contribution in [0.4, 0.5) is 0 Å². The summed E-state index contributed by atoms with van der Waals surface area (Å²) in [6.45, 7) is 8.68. The van der Waals surface area contributed by atoms with Gasteiger partial charge in [0.15, 0.2) is 0 Å². The molecule has 3 N–H and O–H groups in total. The Hall–Kier alpha value is -0.570. The van der Waals surface area contributed by atoms with Gasteiger partial charge in [0.25, 0.3) is 0 Å². The lowest BCUT2D eigenvalue weighted by molar-refractivity contribution is -0.125. The molecule has 14 heavy (non-hydrogen) atoms. The van der Waals surface area contributed by atoms with Crippen LogP contribution in [0.15, 0.2) is 0 Å². The maximum atomic E-state index is 11.5. The second-order valence-corrected chi connectivity index (χ2v) is 5.42. The minimum Gasteiger partial charge on any atom is -0.354 e. The fourth-order valence-electron chi connectivity index (χ4n) is 1.60. The average Bonchev–Trinajstić information content (AvgIpc) is 2.78. The highest BCUT2D eigenvalue weighted by Gasteiger charge is 2.45. The summed E-state index contributed by atoms with van der Waals surface area (Å²) in [6, 6.07) is 0. The monoisotopic (exact) mass is 198 g/mol. The fourth-order valence-corrected chi connectivity index (χ4v) is 1.60. The first-order chi connectivity index (χ1) is 6.28. The molecule has 0 unspecified atom stereocenters. The van der Waals surface area contributed by atoms with Gasteiger partial charge in [0.1, 0.15) is 0 Å². The number of rotatable bonds is 4. The van der Waals surface area contributed by atoms with Gasteiger partial charge in [-0.2, -0.15) is 0 Å². The molecule has 0 atom stereocenters. The Kier molecular flexibility index (Phi) is 2.91. The lowest BCUT2D eigenvalue weighted by Crippen LogP contribution is -2.50. The molecule has 0 bridgehead atoms. The van der Waals surface area contributed by atoms with E-state index in [1.54, 1.807) is 13.8 Å². The van der Waals surface area contributed by atoms with Gasteiger partial charge < -0.3 is 11.1 Å². The molecule has 1 saturated carbocycles. The van der Waals surface area contributed by atoms with Crippen LogP contribution in [0.5, 0.6) is 0 Å². The van der Waals surface area contributed by atoms with Gasteiger partial charge in [-0.25, -0.2) is 0 Å². The molecule has 1 rings (SSSR count). The number of hydrogen-bond donors (Lipinski definition) is 2. The van der Waals surface area contributed by atoms with E-state index in [4.69, 9.17) is 5.73 Å². The number of nitrogens with one attached hydrogen (secondary N) is 1. The fraction of sp³-hybridized carbons (Fsp3) is 0.909. The lowest BCUT2D eigenvalue weighted by Gasteiger charge is -2.23. The maximum absolute atomic E-state index is 11.5. The third-order valence-electron chi connectivity index (χ3n) is 3.30. The van der Waals surface area contributed by atoms with Crippen molar-refractivity contribution in [1.29, 1.82) is 0 Å². The summed E-state index contributed by atoms with van der Waals surface area (Å²) in [5, 5.41) is 2.94. The lowest BCUT2D eigenvalue weighted by atomic mass is 9.92. The number of amides is 1. The van der Waals surface area contributed by atoms with E-state index in [0.717, 1.165) is 6.54 Å². The van der Waals surface area contributed by atoms with Crippen LogP contribution in [0.2, 0.25) is 0 Å². The smallest absolute Gasteiger partial charge is 0.239 e. The van der Waals surface area contributed by atoms with E-state index in [0.29, 0.717) is 11.3 Å². The van der Waals surface area contributed by atoms with Crippen LogP contribution in [0.3, 0.4) is 0 Å². The Morgan fingerprint density at radius 3 is 2.29 bits per heavy atom. The van der Waals surface area contributed by atoms with Crippen molar-refractivity contribution in [3.63, 3.8) is 0 Å². The summed E-state index contributed by atoms with van der Waals surface area (Å²) < 4.78 is 0. The van der Waals surface area contributed by atoms with Gasteiger partial charge in [0, 0.05) is 6.54 Å². The molecule has 0 heterocycles. The van der Waals surface area contributed by atoms with Crippen LogP contribution in [0.25, 0.3) is 0 Å². The molecule has 0 radical (unpaired) electrons. The van der Waals surface area contributed by atoms with Gasteiger partial charge in [0.2, 0.25) is 5.91 Å². The molecule has 1 aliphatic carbocycles. The molecule has 0 saturated heterocycles. The highest BCUT2D eigenvalue weighted by Crippen LogP contribution is 2.51. The normalized spacial score (nSPS) is 19.6. The second-order valence-electron chi connectivity index (χ2n) is 5.42. The van der Waals surface area contributed by atoms with Gasteiger partial charge >= 0.3 is 0 Å². The van der Waals surface area contributed by atoms with Crippen LogP contribution in [-0.2, 0) is 4.79 Å². The van der Waals surface area contributed by atoms with Crippen LogP contribution in [0.1, 0.15) is 40.5 Å². The van der Waals surface area contributed by atoms with Gasteiger partial charge in [-0.15, -0.1) is 0 Å². The van der Waals surface area contributed by atoms with Crippen molar-refractivity contribution in [1.82, 2.24) is 5.32 Å². The second kappa shape index (κ2) is 3.54. The number of hydrogen-bond acceptors (Lipinski definition) is 2. The summed E-state index contributed by atoms with van der Waals surface area (Å²) in [7, 11) is 0. The van der Waals surface area contributed by atoms with Gasteiger partial charge in [-0.1, -0.05) is 13.8 Å². The predicted molar refractivity (Wildman–Crippen MR) is 57.8 cm³/mol. The molecule has 3 heteroatoms. The van der Waals surface area contributed by atoms with Crippen molar-refractivity contribution in [3.05, 3.63) is 0 Å². The third-order valence-corrected chi connectivity index (χ3v) is 3.30. The van der Waals surface area contributed by atoms with Crippen LogP contribution >= 0.6 is 0 Å². The first kappa shape index (κ1) is 11.5. The van der Waals surface area contributed by atoms with Crippen molar-refractivity contribution in [3.8, 4) is 0 Å². The molecule has 1 aliphatic rings. The predicted octanol–water partition coefficient (Wildman–Crippen LogP) is 1.28. The van der Waals surface area contributed by atoms with E-state index < -0.39 is 5.54 Å². The van der Waals surface area contributed by atoms with Crippen LogP contribution in [0, 0.1) is 11.3 Å². The molecule has 3 nitrogen and oxygen atoms in total. The van der Waals surface area contributed by atoms with Crippen molar-refractivity contribution in [2.75, 3.05) is 6.54 Å². The van der Waals surface area contributed by atoms with Crippen LogP contribution < -0.4 is 11.1 Å². The molecule has 0 aromatic rings. The van der Waals surface area contributed by atoms with Crippen molar-refractivity contribution in [2.24, 2.45) is 17.1 Å². The zero-order valence-electron chi connectivity index (χ0n) is 9.68. The quantitative estimate of drug-likeness (QED) is 0.715. The highest BCUT2D eigenvalue weighted by atomic mass is 16.2. The average molecular weight is 198 g/mol. The van der Waals surface area contributed by atoms with E-state index >= 15 is 0 Å². The number of carbonyl (C=O) groups excluding carboxylic acids is 1. The zero-order valence-corrected chi connectivity index (χ0v) is 9.68. The van der Waals surface area contributed by atoms with Gasteiger partial charge in [0.05, 0.1) is 5.54 Å². The number of carbonyl (C=O) groups is 1. The minimum atomic E-state index is -0.757. The van der Waals surface area contributed by atoms with Gasteiger partial charge in [-0.05, 0) is 38.0 Å². The first-order valence-corrected chi connectivity index (χ1v) is 5.35. The summed E-state index contributed by atoms with van der Waals surface area (Å²) in [4.78, 5) is 11.5. The van der Waals surface area contributed by atoms with Crippen molar-refractivity contribution in [2.45, 2.75) is 46.1 Å². The van der Waals surface area contributed by atoms with E-state index in [9.17, 15) is 4.79 Å². The summed E-state index contributed by atoms with van der Waals surface area (Å²) in [6.07, 6.45) is 2.46. The van der Waals surface area contributed by atoms with E-state index in [1.165, 1.54) is 12.8 Å². The van der Waals surface area contributed by atoms with Crippen molar-refractivity contribution < 1.29 is 4.79 Å².